The number of carbonyl (C=O) groups excluding carboxylic acids is 1. The van der Waals surface area contributed by atoms with E-state index >= 15 is 0 Å². The van der Waals surface area contributed by atoms with E-state index in [1.54, 1.807) is 6.92 Å². The maximum Gasteiger partial charge on any atom is 0.159 e. The van der Waals surface area contributed by atoms with Crippen molar-refractivity contribution in [3.63, 3.8) is 0 Å². The van der Waals surface area contributed by atoms with Gasteiger partial charge < -0.3 is 9.88 Å². The normalized spacial score (nSPS) is 14.7. The predicted molar refractivity (Wildman–Crippen MR) is 125 cm³/mol. The van der Waals surface area contributed by atoms with Crippen LogP contribution in [0.3, 0.4) is 0 Å². The number of Topliss-reactive ketones (excluding diaryl/α,β-unsaturated/α-hetero) is 1. The van der Waals surface area contributed by atoms with Crippen LogP contribution in [0.15, 0.2) is 36.0 Å². The number of rotatable bonds is 8. The number of nitrogens with zero attached hydrogens (tertiary/aromatic N) is 1. The molecule has 29 heavy (non-hydrogen) atoms. The third-order valence-corrected chi connectivity index (χ3v) is 6.22. The molecule has 1 aliphatic heterocycles. The second-order valence-electron chi connectivity index (χ2n) is 8.22. The summed E-state index contributed by atoms with van der Waals surface area (Å²) in [7, 11) is 2.04. The lowest BCUT2D eigenvalue weighted by molar-refractivity contribution is 0.101. The monoisotopic (exact) mass is 392 g/mol. The van der Waals surface area contributed by atoms with E-state index in [0.717, 1.165) is 24.9 Å². The lowest BCUT2D eigenvalue weighted by atomic mass is 9.86. The van der Waals surface area contributed by atoms with Crippen LogP contribution in [0.1, 0.15) is 93.8 Å². The fourth-order valence-corrected chi connectivity index (χ4v) is 4.96. The molecule has 0 atom stereocenters. The van der Waals surface area contributed by atoms with Gasteiger partial charge in [-0.15, -0.1) is 0 Å². The number of ketones is 1. The summed E-state index contributed by atoms with van der Waals surface area (Å²) in [6, 6.07) is 6.34. The van der Waals surface area contributed by atoms with Crippen molar-refractivity contribution in [2.45, 2.75) is 78.7 Å². The highest BCUT2D eigenvalue weighted by Crippen LogP contribution is 2.43. The molecular weight excluding hydrogens is 356 g/mol. The zero-order valence-corrected chi connectivity index (χ0v) is 18.8. The molecule has 0 fully saturated rings. The van der Waals surface area contributed by atoms with Crippen LogP contribution in [0.5, 0.6) is 0 Å². The van der Waals surface area contributed by atoms with Crippen molar-refractivity contribution in [2.75, 3.05) is 7.05 Å². The topological polar surface area (TPSA) is 34.0 Å². The van der Waals surface area contributed by atoms with Crippen LogP contribution in [-0.2, 0) is 6.54 Å². The summed E-state index contributed by atoms with van der Waals surface area (Å²) in [5.74, 6) is 0.680. The largest absolute Gasteiger partial charge is 0.391 e. The molecule has 3 nitrogen and oxygen atoms in total. The van der Waals surface area contributed by atoms with E-state index in [2.05, 4.69) is 54.9 Å². The molecule has 2 heterocycles. The Balaban J connectivity index is 2.42. The standard InChI is InChI=1S/C26H36N2O/c1-6-10-19(11-7-2)25-22-15-14-20(18(4)29)17-24(22)28-16-9-13-23(27-5)21(12-8-3)26(25)28/h8,12,14-15,17,19,27H,6-7,9-11,13,16H2,1-5H3/b12-8-. The molecule has 0 saturated carbocycles. The minimum atomic E-state index is 0.136. The highest BCUT2D eigenvalue weighted by molar-refractivity contribution is 6.00. The van der Waals surface area contributed by atoms with Gasteiger partial charge in [-0.3, -0.25) is 4.79 Å². The Morgan fingerprint density at radius 2 is 1.97 bits per heavy atom. The first-order valence-corrected chi connectivity index (χ1v) is 11.3. The molecule has 0 aliphatic carbocycles. The van der Waals surface area contributed by atoms with Crippen LogP contribution in [0.2, 0.25) is 0 Å². The van der Waals surface area contributed by atoms with Gasteiger partial charge in [0.2, 0.25) is 0 Å². The molecule has 0 unspecified atom stereocenters. The van der Waals surface area contributed by atoms with Crippen molar-refractivity contribution in [3.05, 3.63) is 52.9 Å². The number of carbonyl (C=O) groups is 1. The van der Waals surface area contributed by atoms with Crippen LogP contribution in [0.4, 0.5) is 0 Å². The molecule has 1 aliphatic rings. The summed E-state index contributed by atoms with van der Waals surface area (Å²) >= 11 is 0. The van der Waals surface area contributed by atoms with Gasteiger partial charge in [0, 0.05) is 41.3 Å². The van der Waals surface area contributed by atoms with Crippen LogP contribution in [0, 0.1) is 0 Å². The van der Waals surface area contributed by atoms with Crippen molar-refractivity contribution in [2.24, 2.45) is 0 Å². The fourth-order valence-electron chi connectivity index (χ4n) is 4.96. The van der Waals surface area contributed by atoms with Gasteiger partial charge in [-0.1, -0.05) is 51.0 Å². The molecule has 0 bridgehead atoms. The van der Waals surface area contributed by atoms with Crippen LogP contribution < -0.4 is 5.32 Å². The van der Waals surface area contributed by atoms with Crippen molar-refractivity contribution in [1.82, 2.24) is 9.88 Å². The van der Waals surface area contributed by atoms with Gasteiger partial charge in [-0.2, -0.15) is 0 Å². The van der Waals surface area contributed by atoms with Crippen molar-refractivity contribution < 1.29 is 4.79 Å². The second-order valence-corrected chi connectivity index (χ2v) is 8.22. The summed E-state index contributed by atoms with van der Waals surface area (Å²) in [5.41, 5.74) is 7.53. The Labute approximate surface area is 175 Å². The third kappa shape index (κ3) is 4.05. The van der Waals surface area contributed by atoms with Crippen molar-refractivity contribution in [3.8, 4) is 0 Å². The third-order valence-electron chi connectivity index (χ3n) is 6.22. The average Bonchev–Trinajstić information content (AvgIpc) is 2.91. The maximum atomic E-state index is 12.1. The van der Waals surface area contributed by atoms with Crippen LogP contribution >= 0.6 is 0 Å². The van der Waals surface area contributed by atoms with E-state index in [0.29, 0.717) is 5.92 Å². The SMILES string of the molecule is C/C=C\C1=C(NC)CCCn2c1c(C(CCC)CCC)c1ccc(C(C)=O)cc12. The number of fused-ring (bicyclic) bond motifs is 3. The number of benzene rings is 1. The zero-order valence-electron chi connectivity index (χ0n) is 18.8. The molecule has 0 spiro atoms. The molecule has 2 aromatic rings. The number of aryl methyl sites for hydroxylation is 1. The van der Waals surface area contributed by atoms with Gasteiger partial charge in [0.1, 0.15) is 0 Å². The Kier molecular flexibility index (Phi) is 7.00. The summed E-state index contributed by atoms with van der Waals surface area (Å²) in [6.45, 7) is 9.33. The molecule has 0 saturated heterocycles. The molecule has 1 N–H and O–H groups in total. The van der Waals surface area contributed by atoms with Crippen LogP contribution in [-0.4, -0.2) is 17.4 Å². The molecule has 1 aromatic heterocycles. The van der Waals surface area contributed by atoms with E-state index < -0.39 is 0 Å². The molecule has 0 amide bonds. The lowest BCUT2D eigenvalue weighted by Crippen LogP contribution is -2.09. The number of nitrogens with one attached hydrogen (secondary N) is 1. The summed E-state index contributed by atoms with van der Waals surface area (Å²) in [4.78, 5) is 12.1. The summed E-state index contributed by atoms with van der Waals surface area (Å²) in [5, 5.41) is 4.81. The first kappa shape index (κ1) is 21.4. The van der Waals surface area contributed by atoms with E-state index in [1.165, 1.54) is 59.1 Å². The van der Waals surface area contributed by atoms with E-state index in [4.69, 9.17) is 0 Å². The van der Waals surface area contributed by atoms with Gasteiger partial charge in [-0.25, -0.2) is 0 Å². The highest BCUT2D eigenvalue weighted by atomic mass is 16.1. The van der Waals surface area contributed by atoms with Gasteiger partial charge >= 0.3 is 0 Å². The van der Waals surface area contributed by atoms with Crippen molar-refractivity contribution >= 4 is 22.3 Å². The number of aromatic nitrogens is 1. The lowest BCUT2D eigenvalue weighted by Gasteiger charge is -2.20. The van der Waals surface area contributed by atoms with Gasteiger partial charge in [0.15, 0.2) is 5.78 Å². The second kappa shape index (κ2) is 9.47. The molecule has 3 heteroatoms. The summed E-state index contributed by atoms with van der Waals surface area (Å²) < 4.78 is 2.50. The first-order chi connectivity index (χ1) is 14.1. The fraction of sp³-hybridized carbons (Fsp3) is 0.500. The molecule has 1 aromatic carbocycles. The molecule has 156 valence electrons. The van der Waals surface area contributed by atoms with Crippen LogP contribution in [0.25, 0.3) is 16.5 Å². The molecule has 3 rings (SSSR count). The average molecular weight is 393 g/mol. The van der Waals surface area contributed by atoms with Gasteiger partial charge in [0.05, 0.1) is 5.69 Å². The Bertz CT molecular complexity index is 939. The Hall–Kier alpha value is -2.29. The smallest absolute Gasteiger partial charge is 0.159 e. The van der Waals surface area contributed by atoms with E-state index in [9.17, 15) is 4.79 Å². The summed E-state index contributed by atoms with van der Waals surface area (Å²) in [6.07, 6.45) is 11.3. The first-order valence-electron chi connectivity index (χ1n) is 11.3. The molecule has 0 radical (unpaired) electrons. The predicted octanol–water partition coefficient (Wildman–Crippen LogP) is 6.83. The van der Waals surface area contributed by atoms with Crippen molar-refractivity contribution in [1.29, 1.82) is 0 Å². The number of hydrogen-bond donors (Lipinski definition) is 1. The quantitative estimate of drug-likeness (QED) is 0.500. The van der Waals surface area contributed by atoms with Gasteiger partial charge in [-0.05, 0) is 57.1 Å². The minimum absolute atomic E-state index is 0.136. The maximum absolute atomic E-state index is 12.1. The Morgan fingerprint density at radius 3 is 2.55 bits per heavy atom. The highest BCUT2D eigenvalue weighted by Gasteiger charge is 2.27. The molecular formula is C26H36N2O. The van der Waals surface area contributed by atoms with Gasteiger partial charge in [0.25, 0.3) is 0 Å². The van der Waals surface area contributed by atoms with E-state index in [1.807, 2.05) is 13.1 Å². The number of allylic oxidation sites excluding steroid dienone is 4. The zero-order chi connectivity index (χ0) is 21.0. The number of hydrogen-bond acceptors (Lipinski definition) is 2. The Morgan fingerprint density at radius 1 is 1.24 bits per heavy atom. The van der Waals surface area contributed by atoms with E-state index in [-0.39, 0.29) is 5.78 Å². The minimum Gasteiger partial charge on any atom is -0.391 e.